The Bertz CT molecular complexity index is 387. The third-order valence-corrected chi connectivity index (χ3v) is 2.05. The lowest BCUT2D eigenvalue weighted by molar-refractivity contribution is 1.25. The van der Waals surface area contributed by atoms with Gasteiger partial charge in [-0.15, -0.1) is 0 Å². The lowest BCUT2D eigenvalue weighted by atomic mass is 10.2. The van der Waals surface area contributed by atoms with Gasteiger partial charge in [-0.05, 0) is 31.5 Å². The van der Waals surface area contributed by atoms with Crippen LogP contribution >= 0.6 is 0 Å². The van der Waals surface area contributed by atoms with E-state index in [2.05, 4.69) is 23.8 Å². The molecule has 2 nitrogen and oxygen atoms in total. The van der Waals surface area contributed by atoms with Crippen LogP contribution in [0.3, 0.4) is 0 Å². The lowest BCUT2D eigenvalue weighted by Crippen LogP contribution is -1.74. The van der Waals surface area contributed by atoms with Crippen molar-refractivity contribution in [1.82, 2.24) is 9.97 Å². The van der Waals surface area contributed by atoms with Crippen molar-refractivity contribution in [1.29, 1.82) is 0 Å². The number of rotatable bonds is 0. The molecule has 0 aliphatic heterocycles. The van der Waals surface area contributed by atoms with Gasteiger partial charge in [-0.25, -0.2) is 0 Å². The number of hydrogen-bond acceptors (Lipinski definition) is 1. The maximum atomic E-state index is 4.27. The molecular formula is C9H10N2. The van der Waals surface area contributed by atoms with Crippen LogP contribution in [0.4, 0.5) is 0 Å². The number of pyridine rings is 1. The van der Waals surface area contributed by atoms with E-state index in [4.69, 9.17) is 0 Å². The van der Waals surface area contributed by atoms with Gasteiger partial charge in [-0.1, -0.05) is 0 Å². The fourth-order valence-electron chi connectivity index (χ4n) is 1.28. The summed E-state index contributed by atoms with van der Waals surface area (Å²) >= 11 is 0. The smallest absolute Gasteiger partial charge is 0.0910 e. The van der Waals surface area contributed by atoms with E-state index in [9.17, 15) is 0 Å². The van der Waals surface area contributed by atoms with Crippen LogP contribution in [0.5, 0.6) is 0 Å². The summed E-state index contributed by atoms with van der Waals surface area (Å²) in [5.41, 5.74) is 4.67. The molecular weight excluding hydrogens is 136 g/mol. The molecule has 1 N–H and O–H groups in total. The number of H-pyrrole nitrogens is 1. The number of aryl methyl sites for hydroxylation is 2. The second-order valence-electron chi connectivity index (χ2n) is 2.77. The van der Waals surface area contributed by atoms with Gasteiger partial charge in [0.15, 0.2) is 0 Å². The number of hydrogen-bond donors (Lipinski definition) is 1. The van der Waals surface area contributed by atoms with Crippen LogP contribution in [-0.2, 0) is 0 Å². The fourth-order valence-corrected chi connectivity index (χ4v) is 1.28. The van der Waals surface area contributed by atoms with E-state index in [1.165, 1.54) is 11.3 Å². The van der Waals surface area contributed by atoms with Gasteiger partial charge in [0.25, 0.3) is 0 Å². The van der Waals surface area contributed by atoms with E-state index in [0.717, 1.165) is 11.0 Å². The van der Waals surface area contributed by atoms with E-state index >= 15 is 0 Å². The third-order valence-electron chi connectivity index (χ3n) is 2.05. The Labute approximate surface area is 65.3 Å². The van der Waals surface area contributed by atoms with Crippen molar-refractivity contribution in [3.8, 4) is 0 Å². The molecule has 0 saturated carbocycles. The molecule has 0 bridgehead atoms. The van der Waals surface area contributed by atoms with E-state index in [-0.39, 0.29) is 0 Å². The van der Waals surface area contributed by atoms with Gasteiger partial charge in [0.2, 0.25) is 0 Å². The summed E-state index contributed by atoms with van der Waals surface area (Å²) in [4.78, 5) is 7.53. The van der Waals surface area contributed by atoms with Gasteiger partial charge in [-0.3, -0.25) is 4.98 Å². The highest BCUT2D eigenvalue weighted by atomic mass is 14.8. The molecule has 0 fully saturated rings. The topological polar surface area (TPSA) is 28.7 Å². The average molecular weight is 146 g/mol. The first-order chi connectivity index (χ1) is 5.29. The molecule has 2 heterocycles. The maximum absolute atomic E-state index is 4.27. The van der Waals surface area contributed by atoms with Gasteiger partial charge < -0.3 is 4.98 Å². The van der Waals surface area contributed by atoms with Gasteiger partial charge >= 0.3 is 0 Å². The van der Waals surface area contributed by atoms with Crippen molar-refractivity contribution in [3.05, 3.63) is 29.6 Å². The van der Waals surface area contributed by atoms with Crippen LogP contribution in [0, 0.1) is 13.8 Å². The molecule has 0 aliphatic rings. The number of fused-ring (bicyclic) bond motifs is 1. The van der Waals surface area contributed by atoms with Gasteiger partial charge in [0.1, 0.15) is 0 Å². The molecule has 2 aromatic heterocycles. The Morgan fingerprint density at radius 1 is 1.36 bits per heavy atom. The minimum Gasteiger partial charge on any atom is -0.357 e. The van der Waals surface area contributed by atoms with Crippen LogP contribution < -0.4 is 0 Å². The summed E-state index contributed by atoms with van der Waals surface area (Å²) in [5.74, 6) is 0. The van der Waals surface area contributed by atoms with Crippen molar-refractivity contribution in [2.24, 2.45) is 0 Å². The van der Waals surface area contributed by atoms with Gasteiger partial charge in [-0.2, -0.15) is 0 Å². The zero-order valence-electron chi connectivity index (χ0n) is 6.68. The molecule has 0 unspecified atom stereocenters. The fraction of sp³-hybridized carbons (Fsp3) is 0.222. The minimum atomic E-state index is 1.09. The highest BCUT2D eigenvalue weighted by molar-refractivity contribution is 5.79. The quantitative estimate of drug-likeness (QED) is 0.606. The molecule has 56 valence electrons. The minimum absolute atomic E-state index is 1.09. The van der Waals surface area contributed by atoms with Crippen molar-refractivity contribution in [3.63, 3.8) is 0 Å². The molecule has 2 heteroatoms. The highest BCUT2D eigenvalue weighted by Crippen LogP contribution is 2.17. The van der Waals surface area contributed by atoms with E-state index in [0.29, 0.717) is 0 Å². The number of aromatic amines is 1. The number of nitrogens with zero attached hydrogens (tertiary/aromatic N) is 1. The number of nitrogens with one attached hydrogen (secondary N) is 1. The SMILES string of the molecule is Cc1[nH]c2cccnc2c1C. The standard InChI is InChI=1S/C9H10N2/c1-6-7(2)11-8-4-3-5-10-9(6)8/h3-5,11H,1-2H3. The molecule has 0 amide bonds. The summed E-state index contributed by atoms with van der Waals surface area (Å²) in [6.07, 6.45) is 1.82. The predicted molar refractivity (Wildman–Crippen MR) is 45.6 cm³/mol. The first kappa shape index (κ1) is 6.40. The Kier molecular flexibility index (Phi) is 1.22. The first-order valence-electron chi connectivity index (χ1n) is 3.69. The van der Waals surface area contributed by atoms with Gasteiger partial charge in [0, 0.05) is 11.9 Å². The molecule has 11 heavy (non-hydrogen) atoms. The van der Waals surface area contributed by atoms with E-state index in [1.54, 1.807) is 0 Å². The summed E-state index contributed by atoms with van der Waals surface area (Å²) in [6, 6.07) is 3.99. The van der Waals surface area contributed by atoms with Crippen molar-refractivity contribution in [2.45, 2.75) is 13.8 Å². The van der Waals surface area contributed by atoms with E-state index < -0.39 is 0 Å². The van der Waals surface area contributed by atoms with Crippen molar-refractivity contribution < 1.29 is 0 Å². The van der Waals surface area contributed by atoms with Crippen molar-refractivity contribution >= 4 is 11.0 Å². The van der Waals surface area contributed by atoms with Crippen LogP contribution in [0.15, 0.2) is 18.3 Å². The third kappa shape index (κ3) is 0.827. The summed E-state index contributed by atoms with van der Waals surface area (Å²) in [6.45, 7) is 4.15. The Morgan fingerprint density at radius 2 is 2.18 bits per heavy atom. The first-order valence-corrected chi connectivity index (χ1v) is 3.69. The van der Waals surface area contributed by atoms with E-state index in [1.807, 2.05) is 18.3 Å². The molecule has 0 spiro atoms. The summed E-state index contributed by atoms with van der Waals surface area (Å²) in [7, 11) is 0. The Morgan fingerprint density at radius 3 is 2.91 bits per heavy atom. The van der Waals surface area contributed by atoms with Crippen LogP contribution in [-0.4, -0.2) is 9.97 Å². The van der Waals surface area contributed by atoms with Crippen molar-refractivity contribution in [2.75, 3.05) is 0 Å². The maximum Gasteiger partial charge on any atom is 0.0910 e. The zero-order chi connectivity index (χ0) is 7.84. The monoisotopic (exact) mass is 146 g/mol. The molecule has 0 aliphatic carbocycles. The molecule has 2 aromatic rings. The highest BCUT2D eigenvalue weighted by Gasteiger charge is 2.02. The van der Waals surface area contributed by atoms with Crippen LogP contribution in [0.25, 0.3) is 11.0 Å². The van der Waals surface area contributed by atoms with Crippen LogP contribution in [0.2, 0.25) is 0 Å². The second kappa shape index (κ2) is 2.09. The average Bonchev–Trinajstić information content (AvgIpc) is 2.30. The lowest BCUT2D eigenvalue weighted by Gasteiger charge is -1.87. The largest absolute Gasteiger partial charge is 0.357 e. The van der Waals surface area contributed by atoms with Gasteiger partial charge in [0.05, 0.1) is 11.0 Å². The summed E-state index contributed by atoms with van der Waals surface area (Å²) < 4.78 is 0. The number of aromatic nitrogens is 2. The molecule has 0 radical (unpaired) electrons. The second-order valence-corrected chi connectivity index (χ2v) is 2.77. The summed E-state index contributed by atoms with van der Waals surface area (Å²) in [5, 5.41) is 0. The molecule has 0 atom stereocenters. The zero-order valence-corrected chi connectivity index (χ0v) is 6.68. The van der Waals surface area contributed by atoms with Crippen LogP contribution in [0.1, 0.15) is 11.3 Å². The Balaban J connectivity index is 2.92. The molecule has 0 saturated heterocycles. The molecule has 0 aromatic carbocycles. The predicted octanol–water partition coefficient (Wildman–Crippen LogP) is 2.18. The molecule has 2 rings (SSSR count). The normalized spacial score (nSPS) is 10.7. The Hall–Kier alpha value is -1.31.